The molecular formula is C12H19NO2S. The quantitative estimate of drug-likeness (QED) is 0.329. The van der Waals surface area contributed by atoms with Crippen LogP contribution in [-0.2, 0) is 0 Å². The standard InChI is InChI=1S/C10H13NO2S.C2H6/c1-2-3-7-14-10-6-4-5-9(8-10)11(12)13;1-2/h4-6,8H,2-3,7H2,1H3;1-2H3. The molecule has 0 bridgehead atoms. The molecule has 90 valence electrons. The average molecular weight is 241 g/mol. The first kappa shape index (κ1) is 15.0. The van der Waals surface area contributed by atoms with E-state index in [1.54, 1.807) is 23.9 Å². The van der Waals surface area contributed by atoms with Crippen LogP contribution in [0.1, 0.15) is 33.6 Å². The van der Waals surface area contributed by atoms with Crippen LogP contribution in [0.3, 0.4) is 0 Å². The van der Waals surface area contributed by atoms with Gasteiger partial charge in [0.25, 0.3) is 5.69 Å². The zero-order valence-corrected chi connectivity index (χ0v) is 10.9. The van der Waals surface area contributed by atoms with Crippen molar-refractivity contribution in [3.05, 3.63) is 34.4 Å². The second-order valence-electron chi connectivity index (χ2n) is 2.96. The molecule has 0 N–H and O–H groups in total. The fourth-order valence-corrected chi connectivity index (χ4v) is 2.07. The topological polar surface area (TPSA) is 43.1 Å². The Morgan fingerprint density at radius 1 is 1.38 bits per heavy atom. The van der Waals surface area contributed by atoms with Gasteiger partial charge >= 0.3 is 0 Å². The van der Waals surface area contributed by atoms with E-state index >= 15 is 0 Å². The third kappa shape index (κ3) is 5.75. The van der Waals surface area contributed by atoms with Crippen molar-refractivity contribution in [2.45, 2.75) is 38.5 Å². The van der Waals surface area contributed by atoms with E-state index in [0.29, 0.717) is 0 Å². The summed E-state index contributed by atoms with van der Waals surface area (Å²) < 4.78 is 0. The van der Waals surface area contributed by atoms with Crippen LogP contribution >= 0.6 is 11.8 Å². The van der Waals surface area contributed by atoms with Crippen LogP contribution in [-0.4, -0.2) is 10.7 Å². The highest BCUT2D eigenvalue weighted by Gasteiger charge is 2.05. The molecule has 0 aliphatic carbocycles. The maximum atomic E-state index is 10.5. The number of thioether (sulfide) groups is 1. The SMILES string of the molecule is CC.CCCCSc1cccc([N+](=O)[O-])c1. The zero-order valence-electron chi connectivity index (χ0n) is 10.1. The van der Waals surface area contributed by atoms with Gasteiger partial charge in [-0.05, 0) is 18.2 Å². The molecule has 16 heavy (non-hydrogen) atoms. The Hall–Kier alpha value is -1.03. The number of unbranched alkanes of at least 4 members (excludes halogenated alkanes) is 1. The molecule has 1 aromatic rings. The lowest BCUT2D eigenvalue weighted by Crippen LogP contribution is -1.87. The smallest absolute Gasteiger partial charge is 0.258 e. The molecule has 0 saturated heterocycles. The van der Waals surface area contributed by atoms with Crippen molar-refractivity contribution in [3.63, 3.8) is 0 Å². The van der Waals surface area contributed by atoms with E-state index in [2.05, 4.69) is 6.92 Å². The van der Waals surface area contributed by atoms with Gasteiger partial charge in [0.05, 0.1) is 4.92 Å². The Kier molecular flexibility index (Phi) is 8.62. The number of hydrogen-bond acceptors (Lipinski definition) is 3. The summed E-state index contributed by atoms with van der Waals surface area (Å²) >= 11 is 1.67. The summed E-state index contributed by atoms with van der Waals surface area (Å²) in [7, 11) is 0. The lowest BCUT2D eigenvalue weighted by atomic mass is 10.3. The van der Waals surface area contributed by atoms with Gasteiger partial charge in [0.15, 0.2) is 0 Å². The van der Waals surface area contributed by atoms with E-state index in [1.165, 1.54) is 6.07 Å². The van der Waals surface area contributed by atoms with Gasteiger partial charge in [-0.25, -0.2) is 0 Å². The Labute approximate surface area is 101 Å². The second-order valence-corrected chi connectivity index (χ2v) is 4.12. The first-order valence-electron chi connectivity index (χ1n) is 5.61. The monoisotopic (exact) mass is 241 g/mol. The van der Waals surface area contributed by atoms with E-state index in [0.717, 1.165) is 23.5 Å². The highest BCUT2D eigenvalue weighted by atomic mass is 32.2. The molecular weight excluding hydrogens is 222 g/mol. The van der Waals surface area contributed by atoms with Crippen LogP contribution in [0, 0.1) is 10.1 Å². The van der Waals surface area contributed by atoms with Gasteiger partial charge in [-0.3, -0.25) is 10.1 Å². The summed E-state index contributed by atoms with van der Waals surface area (Å²) in [6.45, 7) is 6.13. The number of non-ortho nitro benzene ring substituents is 1. The van der Waals surface area contributed by atoms with E-state index < -0.39 is 0 Å². The van der Waals surface area contributed by atoms with E-state index in [9.17, 15) is 10.1 Å². The predicted molar refractivity (Wildman–Crippen MR) is 70.1 cm³/mol. The molecule has 0 atom stereocenters. The minimum Gasteiger partial charge on any atom is -0.258 e. The Balaban J connectivity index is 0.00000106. The molecule has 0 radical (unpaired) electrons. The maximum Gasteiger partial charge on any atom is 0.270 e. The molecule has 4 heteroatoms. The van der Waals surface area contributed by atoms with Crippen molar-refractivity contribution >= 4 is 17.4 Å². The van der Waals surface area contributed by atoms with Crippen LogP contribution in [0.4, 0.5) is 5.69 Å². The molecule has 1 rings (SSSR count). The minimum atomic E-state index is -0.357. The van der Waals surface area contributed by atoms with Crippen LogP contribution in [0.5, 0.6) is 0 Å². The number of nitrogens with zero attached hydrogens (tertiary/aromatic N) is 1. The number of hydrogen-bond donors (Lipinski definition) is 0. The van der Waals surface area contributed by atoms with Crippen LogP contribution in [0.25, 0.3) is 0 Å². The van der Waals surface area contributed by atoms with Gasteiger partial charge in [-0.1, -0.05) is 33.3 Å². The van der Waals surface area contributed by atoms with E-state index in [-0.39, 0.29) is 10.6 Å². The van der Waals surface area contributed by atoms with Crippen molar-refractivity contribution in [2.24, 2.45) is 0 Å². The van der Waals surface area contributed by atoms with Crippen molar-refractivity contribution in [2.75, 3.05) is 5.75 Å². The lowest BCUT2D eigenvalue weighted by Gasteiger charge is -1.99. The number of nitro benzene ring substituents is 1. The molecule has 0 spiro atoms. The van der Waals surface area contributed by atoms with E-state index in [1.807, 2.05) is 19.9 Å². The Morgan fingerprint density at radius 2 is 2.06 bits per heavy atom. The van der Waals surface area contributed by atoms with Gasteiger partial charge < -0.3 is 0 Å². The van der Waals surface area contributed by atoms with Gasteiger partial charge in [0.2, 0.25) is 0 Å². The van der Waals surface area contributed by atoms with Crippen molar-refractivity contribution in [1.82, 2.24) is 0 Å². The lowest BCUT2D eigenvalue weighted by molar-refractivity contribution is -0.385. The summed E-state index contributed by atoms with van der Waals surface area (Å²) in [4.78, 5) is 11.1. The third-order valence-corrected chi connectivity index (χ3v) is 2.88. The van der Waals surface area contributed by atoms with Gasteiger partial charge in [0, 0.05) is 17.0 Å². The molecule has 0 fully saturated rings. The first-order chi connectivity index (χ1) is 7.74. The summed E-state index contributed by atoms with van der Waals surface area (Å²) in [5, 5.41) is 10.5. The van der Waals surface area contributed by atoms with Gasteiger partial charge in [-0.2, -0.15) is 0 Å². The summed E-state index contributed by atoms with van der Waals surface area (Å²) in [5.41, 5.74) is 0.173. The molecule has 0 unspecified atom stereocenters. The number of benzene rings is 1. The summed E-state index contributed by atoms with van der Waals surface area (Å²) in [6.07, 6.45) is 2.30. The predicted octanol–water partition coefficient (Wildman–Crippen LogP) is 4.51. The molecule has 0 aliphatic heterocycles. The maximum absolute atomic E-state index is 10.5. The Morgan fingerprint density at radius 3 is 2.62 bits per heavy atom. The number of nitro groups is 1. The van der Waals surface area contributed by atoms with Crippen LogP contribution in [0.15, 0.2) is 29.2 Å². The second kappa shape index (κ2) is 9.21. The van der Waals surface area contributed by atoms with Crippen molar-refractivity contribution < 1.29 is 4.92 Å². The van der Waals surface area contributed by atoms with Gasteiger partial charge in [-0.15, -0.1) is 11.8 Å². The van der Waals surface area contributed by atoms with Crippen LogP contribution in [0.2, 0.25) is 0 Å². The largest absolute Gasteiger partial charge is 0.270 e. The highest BCUT2D eigenvalue weighted by molar-refractivity contribution is 7.99. The summed E-state index contributed by atoms with van der Waals surface area (Å²) in [6, 6.07) is 6.78. The molecule has 0 amide bonds. The van der Waals surface area contributed by atoms with Crippen molar-refractivity contribution in [1.29, 1.82) is 0 Å². The molecule has 0 heterocycles. The molecule has 1 aromatic carbocycles. The minimum absolute atomic E-state index is 0.173. The zero-order chi connectivity index (χ0) is 12.4. The fourth-order valence-electron chi connectivity index (χ4n) is 1.02. The fraction of sp³-hybridized carbons (Fsp3) is 0.500. The average Bonchev–Trinajstić information content (AvgIpc) is 2.32. The molecule has 0 aliphatic rings. The molecule has 0 saturated carbocycles. The van der Waals surface area contributed by atoms with Crippen LogP contribution < -0.4 is 0 Å². The third-order valence-electron chi connectivity index (χ3n) is 1.80. The van der Waals surface area contributed by atoms with Gasteiger partial charge in [0.1, 0.15) is 0 Å². The summed E-state index contributed by atoms with van der Waals surface area (Å²) in [5.74, 6) is 1.03. The van der Waals surface area contributed by atoms with E-state index in [4.69, 9.17) is 0 Å². The number of rotatable bonds is 5. The normalized spacial score (nSPS) is 9.19. The molecule has 0 aromatic heterocycles. The van der Waals surface area contributed by atoms with Crippen molar-refractivity contribution in [3.8, 4) is 0 Å². The highest BCUT2D eigenvalue weighted by Crippen LogP contribution is 2.23. The Bertz CT molecular complexity index is 316. The first-order valence-corrected chi connectivity index (χ1v) is 6.60. The molecule has 3 nitrogen and oxygen atoms in total.